The van der Waals surface area contributed by atoms with E-state index in [0.717, 1.165) is 12.1 Å². The molecule has 0 fully saturated rings. The lowest BCUT2D eigenvalue weighted by molar-refractivity contribution is 0.288. The number of nitrogens with two attached hydrogens (primary N) is 1. The second kappa shape index (κ2) is 5.92. The average molecular weight is 303 g/mol. The first-order valence-corrected chi connectivity index (χ1v) is 7.20. The summed E-state index contributed by atoms with van der Waals surface area (Å²) in [6.45, 7) is 2.53. The minimum Gasteiger partial charge on any atom is -0.463 e. The summed E-state index contributed by atoms with van der Waals surface area (Å²) in [5.74, 6) is 0.118. The van der Waals surface area contributed by atoms with Crippen LogP contribution in [0.15, 0.2) is 34.7 Å². The van der Waals surface area contributed by atoms with Gasteiger partial charge in [0, 0.05) is 6.20 Å². The zero-order valence-corrected chi connectivity index (χ0v) is 12.1. The number of ether oxygens (including phenoxy) is 1. The predicted octanol–water partition coefficient (Wildman–Crippen LogP) is 1.44. The van der Waals surface area contributed by atoms with Crippen molar-refractivity contribution in [2.24, 2.45) is 0 Å². The van der Waals surface area contributed by atoms with E-state index in [4.69, 9.17) is 10.5 Å². The Morgan fingerprint density at radius 3 is 3.00 bits per heavy atom. The highest BCUT2D eigenvalue weighted by molar-refractivity contribution is 7.99. The number of hydrogen-bond donors (Lipinski definition) is 1. The average Bonchev–Trinajstić information content (AvgIpc) is 2.88. The van der Waals surface area contributed by atoms with Crippen LogP contribution in [0.4, 0.5) is 5.95 Å². The quantitative estimate of drug-likeness (QED) is 0.755. The molecule has 0 aliphatic rings. The molecule has 0 aliphatic heterocycles. The maximum absolute atomic E-state index is 5.67. The number of nitrogens with zero attached hydrogens (tertiary/aromatic N) is 6. The second-order valence-corrected chi connectivity index (χ2v) is 5.06. The van der Waals surface area contributed by atoms with Crippen molar-refractivity contribution in [1.82, 2.24) is 29.5 Å². The van der Waals surface area contributed by atoms with Gasteiger partial charge in [-0.15, -0.1) is 10.2 Å². The number of rotatable bonds is 5. The Morgan fingerprint density at radius 1 is 1.24 bits per heavy atom. The summed E-state index contributed by atoms with van der Waals surface area (Å²) < 4.78 is 7.23. The Balaban J connectivity index is 1.88. The summed E-state index contributed by atoms with van der Waals surface area (Å²) in [6.07, 6.45) is 2.74. The molecule has 0 saturated heterocycles. The van der Waals surface area contributed by atoms with E-state index < -0.39 is 0 Å². The number of nitrogen functional groups attached to an aromatic ring is 1. The smallest absolute Gasteiger partial charge is 0.322 e. The molecule has 0 aliphatic carbocycles. The summed E-state index contributed by atoms with van der Waals surface area (Å²) >= 11 is 1.25. The van der Waals surface area contributed by atoms with Gasteiger partial charge < -0.3 is 10.5 Å². The maximum Gasteiger partial charge on any atom is 0.322 e. The molecule has 9 heteroatoms. The van der Waals surface area contributed by atoms with Crippen LogP contribution in [0.2, 0.25) is 0 Å². The fourth-order valence-corrected chi connectivity index (χ4v) is 2.39. The van der Waals surface area contributed by atoms with Gasteiger partial charge in [0.25, 0.3) is 0 Å². The van der Waals surface area contributed by atoms with Gasteiger partial charge in [0.15, 0.2) is 5.65 Å². The van der Waals surface area contributed by atoms with Crippen molar-refractivity contribution in [2.45, 2.75) is 23.7 Å². The third kappa shape index (κ3) is 3.02. The fourth-order valence-electron chi connectivity index (χ4n) is 1.63. The Hall–Kier alpha value is -2.42. The minimum atomic E-state index is 0.118. The van der Waals surface area contributed by atoms with E-state index in [2.05, 4.69) is 25.1 Å². The van der Waals surface area contributed by atoms with E-state index in [9.17, 15) is 0 Å². The highest BCUT2D eigenvalue weighted by Gasteiger charge is 2.11. The number of fused-ring (bicyclic) bond motifs is 1. The first-order chi connectivity index (χ1) is 10.3. The zero-order chi connectivity index (χ0) is 14.7. The molecule has 0 bridgehead atoms. The molecule has 0 spiro atoms. The van der Waals surface area contributed by atoms with E-state index in [1.54, 1.807) is 0 Å². The second-order valence-electron chi connectivity index (χ2n) is 4.12. The highest BCUT2D eigenvalue weighted by atomic mass is 32.2. The van der Waals surface area contributed by atoms with Crippen LogP contribution in [0.1, 0.15) is 13.3 Å². The Labute approximate surface area is 124 Å². The molecule has 0 unspecified atom stereocenters. The third-order valence-corrected chi connectivity index (χ3v) is 3.34. The van der Waals surface area contributed by atoms with Crippen molar-refractivity contribution in [2.75, 3.05) is 12.3 Å². The van der Waals surface area contributed by atoms with E-state index in [0.29, 0.717) is 16.9 Å². The molecule has 3 aromatic heterocycles. The molecule has 0 aromatic carbocycles. The van der Waals surface area contributed by atoms with E-state index in [1.165, 1.54) is 11.8 Å². The summed E-state index contributed by atoms with van der Waals surface area (Å²) in [5, 5.41) is 9.25. The van der Waals surface area contributed by atoms with Crippen LogP contribution < -0.4 is 10.5 Å². The van der Waals surface area contributed by atoms with Crippen LogP contribution in [0.5, 0.6) is 6.01 Å². The van der Waals surface area contributed by atoms with Crippen molar-refractivity contribution in [3.8, 4) is 6.01 Å². The molecular weight excluding hydrogens is 290 g/mol. The predicted molar refractivity (Wildman–Crippen MR) is 77.1 cm³/mol. The van der Waals surface area contributed by atoms with Crippen LogP contribution in [0, 0.1) is 0 Å². The first-order valence-electron chi connectivity index (χ1n) is 6.38. The van der Waals surface area contributed by atoms with Gasteiger partial charge in [-0.2, -0.15) is 15.0 Å². The van der Waals surface area contributed by atoms with Crippen molar-refractivity contribution in [3.05, 3.63) is 24.4 Å². The lowest BCUT2D eigenvalue weighted by Gasteiger charge is -2.04. The van der Waals surface area contributed by atoms with E-state index >= 15 is 0 Å². The lowest BCUT2D eigenvalue weighted by atomic mass is 10.5. The summed E-state index contributed by atoms with van der Waals surface area (Å²) in [4.78, 5) is 12.2. The first kappa shape index (κ1) is 13.6. The van der Waals surface area contributed by atoms with Crippen LogP contribution in [-0.2, 0) is 0 Å². The third-order valence-electron chi connectivity index (χ3n) is 2.51. The Morgan fingerprint density at radius 2 is 2.14 bits per heavy atom. The van der Waals surface area contributed by atoms with Crippen LogP contribution in [-0.4, -0.2) is 36.2 Å². The Kier molecular flexibility index (Phi) is 3.82. The number of hydrogen-bond acceptors (Lipinski definition) is 8. The van der Waals surface area contributed by atoms with Crippen LogP contribution >= 0.6 is 11.8 Å². The zero-order valence-electron chi connectivity index (χ0n) is 11.3. The van der Waals surface area contributed by atoms with Gasteiger partial charge in [-0.05, 0) is 30.3 Å². The normalized spacial score (nSPS) is 10.9. The number of pyridine rings is 1. The molecule has 3 rings (SSSR count). The summed E-state index contributed by atoms with van der Waals surface area (Å²) in [5.41, 5.74) is 6.43. The molecule has 0 radical (unpaired) electrons. The molecule has 3 heterocycles. The molecule has 0 amide bonds. The maximum atomic E-state index is 5.67. The molecule has 3 aromatic rings. The standard InChI is InChI=1S/C12H13N7OS/c1-2-7-20-10-14-9(13)15-11(16-10)21-12-18-17-8-5-3-4-6-19(8)12/h3-6H,2,7H2,1H3,(H2,13,14,15,16). The molecule has 108 valence electrons. The van der Waals surface area contributed by atoms with Crippen LogP contribution in [0.3, 0.4) is 0 Å². The summed E-state index contributed by atoms with van der Waals surface area (Å²) in [6, 6.07) is 5.89. The highest BCUT2D eigenvalue weighted by Crippen LogP contribution is 2.24. The number of aromatic nitrogens is 6. The van der Waals surface area contributed by atoms with Crippen molar-refractivity contribution in [1.29, 1.82) is 0 Å². The van der Waals surface area contributed by atoms with Gasteiger partial charge in [-0.25, -0.2) is 0 Å². The van der Waals surface area contributed by atoms with Gasteiger partial charge in [-0.1, -0.05) is 13.0 Å². The molecular formula is C12H13N7OS. The molecule has 2 N–H and O–H groups in total. The van der Waals surface area contributed by atoms with Crippen molar-refractivity contribution in [3.63, 3.8) is 0 Å². The minimum absolute atomic E-state index is 0.118. The summed E-state index contributed by atoms with van der Waals surface area (Å²) in [7, 11) is 0. The molecule has 0 atom stereocenters. The Bertz CT molecular complexity index is 760. The number of anilines is 1. The fraction of sp³-hybridized carbons (Fsp3) is 0.250. The topological polar surface area (TPSA) is 104 Å². The van der Waals surface area contributed by atoms with Gasteiger partial charge in [0.05, 0.1) is 6.61 Å². The van der Waals surface area contributed by atoms with Gasteiger partial charge in [0.2, 0.25) is 16.3 Å². The lowest BCUT2D eigenvalue weighted by Crippen LogP contribution is -2.05. The monoisotopic (exact) mass is 303 g/mol. The van der Waals surface area contributed by atoms with Gasteiger partial charge in [0.1, 0.15) is 0 Å². The van der Waals surface area contributed by atoms with Crippen LogP contribution in [0.25, 0.3) is 5.65 Å². The van der Waals surface area contributed by atoms with Gasteiger partial charge >= 0.3 is 6.01 Å². The van der Waals surface area contributed by atoms with Gasteiger partial charge in [-0.3, -0.25) is 4.40 Å². The largest absolute Gasteiger partial charge is 0.463 e. The van der Waals surface area contributed by atoms with Crippen molar-refractivity contribution < 1.29 is 4.74 Å². The van der Waals surface area contributed by atoms with E-state index in [1.807, 2.05) is 35.7 Å². The molecule has 0 saturated carbocycles. The SMILES string of the molecule is CCCOc1nc(N)nc(Sc2nnc3ccccn23)n1. The molecule has 8 nitrogen and oxygen atoms in total. The van der Waals surface area contributed by atoms with E-state index in [-0.39, 0.29) is 12.0 Å². The molecule has 21 heavy (non-hydrogen) atoms. The van der Waals surface area contributed by atoms with Crippen molar-refractivity contribution >= 4 is 23.4 Å².